The van der Waals surface area contributed by atoms with Gasteiger partial charge in [0, 0.05) is 12.1 Å². The van der Waals surface area contributed by atoms with Crippen LogP contribution in [0, 0.1) is 0 Å². The molecule has 0 bridgehead atoms. The number of nitrogens with zero attached hydrogens (tertiary/aromatic N) is 3. The summed E-state index contributed by atoms with van der Waals surface area (Å²) in [5.41, 5.74) is 0.980. The van der Waals surface area contributed by atoms with Crippen molar-refractivity contribution in [3.63, 3.8) is 0 Å². The monoisotopic (exact) mass is 227 g/mol. The molecule has 0 saturated carbocycles. The molecule has 0 aliphatic carbocycles. The summed E-state index contributed by atoms with van der Waals surface area (Å²) in [6.07, 6.45) is 4.99. The summed E-state index contributed by atoms with van der Waals surface area (Å²) in [4.78, 5) is 4.19. The van der Waals surface area contributed by atoms with E-state index in [-0.39, 0.29) is 0 Å². The van der Waals surface area contributed by atoms with E-state index in [0.29, 0.717) is 10.9 Å². The smallest absolute Gasteiger partial charge is 0.153 e. The molecule has 0 saturated heterocycles. The zero-order chi connectivity index (χ0) is 9.97. The molecule has 2 rings (SSSR count). The standard InChI is InChI=1S/C9H7Cl2N3/c10-3-7-1-2-9(12-4-7)14-6-8(11)5-13-14/h1-2,4-6H,3H2. The SMILES string of the molecule is ClCc1ccc(-n2cc(Cl)cn2)nc1. The Morgan fingerprint density at radius 1 is 1.29 bits per heavy atom. The zero-order valence-electron chi connectivity index (χ0n) is 7.19. The summed E-state index contributed by atoms with van der Waals surface area (Å²) in [5.74, 6) is 1.19. The van der Waals surface area contributed by atoms with Crippen molar-refractivity contribution in [2.45, 2.75) is 5.88 Å². The number of hydrogen-bond donors (Lipinski definition) is 0. The molecule has 0 unspecified atom stereocenters. The fourth-order valence-corrected chi connectivity index (χ4v) is 1.35. The van der Waals surface area contributed by atoms with E-state index in [2.05, 4.69) is 10.1 Å². The van der Waals surface area contributed by atoms with Gasteiger partial charge in [-0.05, 0) is 11.6 Å². The maximum absolute atomic E-state index is 5.74. The number of halogens is 2. The number of aromatic nitrogens is 3. The van der Waals surface area contributed by atoms with E-state index in [0.717, 1.165) is 11.4 Å². The van der Waals surface area contributed by atoms with E-state index in [4.69, 9.17) is 23.2 Å². The Morgan fingerprint density at radius 2 is 2.14 bits per heavy atom. The molecule has 0 N–H and O–H groups in total. The molecule has 0 aromatic carbocycles. The molecule has 14 heavy (non-hydrogen) atoms. The lowest BCUT2D eigenvalue weighted by molar-refractivity contribution is 0.845. The largest absolute Gasteiger partial charge is 0.237 e. The highest BCUT2D eigenvalue weighted by Crippen LogP contribution is 2.10. The average Bonchev–Trinajstić information content (AvgIpc) is 2.65. The second-order valence-electron chi connectivity index (χ2n) is 2.76. The lowest BCUT2D eigenvalue weighted by Crippen LogP contribution is -1.97. The highest BCUT2D eigenvalue weighted by Gasteiger charge is 1.99. The molecule has 0 atom stereocenters. The lowest BCUT2D eigenvalue weighted by atomic mass is 10.3. The first-order valence-electron chi connectivity index (χ1n) is 4.01. The van der Waals surface area contributed by atoms with Crippen molar-refractivity contribution >= 4 is 23.2 Å². The first-order chi connectivity index (χ1) is 6.79. The lowest BCUT2D eigenvalue weighted by Gasteiger charge is -2.00. The van der Waals surface area contributed by atoms with Crippen molar-refractivity contribution in [3.8, 4) is 5.82 Å². The zero-order valence-corrected chi connectivity index (χ0v) is 8.70. The van der Waals surface area contributed by atoms with Crippen LogP contribution >= 0.6 is 23.2 Å². The molecular weight excluding hydrogens is 221 g/mol. The van der Waals surface area contributed by atoms with Gasteiger partial charge in [-0.25, -0.2) is 9.67 Å². The van der Waals surface area contributed by atoms with Crippen LogP contribution in [0.2, 0.25) is 5.02 Å². The Morgan fingerprint density at radius 3 is 2.64 bits per heavy atom. The quantitative estimate of drug-likeness (QED) is 0.739. The maximum atomic E-state index is 5.74. The van der Waals surface area contributed by atoms with Crippen molar-refractivity contribution < 1.29 is 0 Å². The van der Waals surface area contributed by atoms with Gasteiger partial charge in [0.25, 0.3) is 0 Å². The van der Waals surface area contributed by atoms with Crippen LogP contribution in [0.5, 0.6) is 0 Å². The molecule has 0 amide bonds. The minimum Gasteiger partial charge on any atom is -0.237 e. The predicted molar refractivity (Wildman–Crippen MR) is 55.9 cm³/mol. The van der Waals surface area contributed by atoms with E-state index >= 15 is 0 Å². The van der Waals surface area contributed by atoms with Crippen molar-refractivity contribution in [3.05, 3.63) is 41.3 Å². The van der Waals surface area contributed by atoms with Crippen LogP contribution < -0.4 is 0 Å². The van der Waals surface area contributed by atoms with E-state index in [1.54, 1.807) is 23.3 Å². The normalized spacial score (nSPS) is 10.4. The second-order valence-corrected chi connectivity index (χ2v) is 3.47. The van der Waals surface area contributed by atoms with Gasteiger partial charge >= 0.3 is 0 Å². The van der Waals surface area contributed by atoms with Gasteiger partial charge in [0.1, 0.15) is 0 Å². The van der Waals surface area contributed by atoms with E-state index in [9.17, 15) is 0 Å². The average molecular weight is 228 g/mol. The highest BCUT2D eigenvalue weighted by atomic mass is 35.5. The molecule has 0 spiro atoms. The van der Waals surface area contributed by atoms with Gasteiger partial charge in [-0.2, -0.15) is 5.10 Å². The first-order valence-corrected chi connectivity index (χ1v) is 4.92. The fraction of sp³-hybridized carbons (Fsp3) is 0.111. The second kappa shape index (κ2) is 3.98. The molecule has 0 fully saturated rings. The van der Waals surface area contributed by atoms with Gasteiger partial charge in [-0.3, -0.25) is 0 Å². The predicted octanol–water partition coefficient (Wildman–Crippen LogP) is 2.66. The van der Waals surface area contributed by atoms with E-state index in [1.807, 2.05) is 12.1 Å². The summed E-state index contributed by atoms with van der Waals surface area (Å²) in [6.45, 7) is 0. The Labute approximate surface area is 91.3 Å². The Balaban J connectivity index is 2.33. The number of alkyl halides is 1. The third-order valence-corrected chi connectivity index (χ3v) is 2.25. The molecule has 0 aliphatic rings. The molecule has 2 heterocycles. The number of hydrogen-bond acceptors (Lipinski definition) is 2. The minimum absolute atomic E-state index is 0.465. The van der Waals surface area contributed by atoms with Gasteiger partial charge in [-0.1, -0.05) is 17.7 Å². The molecular formula is C9H7Cl2N3. The van der Waals surface area contributed by atoms with Gasteiger partial charge < -0.3 is 0 Å². The summed E-state index contributed by atoms with van der Waals surface area (Å²) in [5, 5.41) is 4.62. The summed E-state index contributed by atoms with van der Waals surface area (Å²) in [7, 11) is 0. The van der Waals surface area contributed by atoms with Crippen LogP contribution in [0.25, 0.3) is 5.82 Å². The number of pyridine rings is 1. The molecule has 0 aliphatic heterocycles. The molecule has 72 valence electrons. The highest BCUT2D eigenvalue weighted by molar-refractivity contribution is 6.30. The third kappa shape index (κ3) is 1.89. The molecule has 2 aromatic heterocycles. The maximum Gasteiger partial charge on any atom is 0.153 e. The van der Waals surface area contributed by atoms with Gasteiger partial charge in [0.05, 0.1) is 17.4 Å². The van der Waals surface area contributed by atoms with Crippen LogP contribution in [0.15, 0.2) is 30.7 Å². The van der Waals surface area contributed by atoms with Gasteiger partial charge in [-0.15, -0.1) is 11.6 Å². The molecule has 0 radical (unpaired) electrons. The van der Waals surface area contributed by atoms with Crippen LogP contribution in [0.1, 0.15) is 5.56 Å². The Hall–Kier alpha value is -1.06. The Kier molecular flexibility index (Phi) is 2.70. The molecule has 2 aromatic rings. The topological polar surface area (TPSA) is 30.7 Å². The number of rotatable bonds is 2. The van der Waals surface area contributed by atoms with Crippen molar-refractivity contribution in [1.82, 2.24) is 14.8 Å². The van der Waals surface area contributed by atoms with Crippen LogP contribution in [-0.4, -0.2) is 14.8 Å². The van der Waals surface area contributed by atoms with Crippen molar-refractivity contribution in [2.24, 2.45) is 0 Å². The van der Waals surface area contributed by atoms with Gasteiger partial charge in [0.2, 0.25) is 0 Å². The van der Waals surface area contributed by atoms with E-state index in [1.165, 1.54) is 0 Å². The third-order valence-electron chi connectivity index (χ3n) is 1.75. The van der Waals surface area contributed by atoms with Crippen LogP contribution in [-0.2, 0) is 5.88 Å². The van der Waals surface area contributed by atoms with E-state index < -0.39 is 0 Å². The fourth-order valence-electron chi connectivity index (χ4n) is 1.06. The first kappa shape index (κ1) is 9.49. The van der Waals surface area contributed by atoms with Gasteiger partial charge in [0.15, 0.2) is 5.82 Å². The summed E-state index contributed by atoms with van der Waals surface area (Å²) < 4.78 is 1.61. The Bertz CT molecular complexity index is 422. The van der Waals surface area contributed by atoms with Crippen molar-refractivity contribution in [1.29, 1.82) is 0 Å². The minimum atomic E-state index is 0.465. The van der Waals surface area contributed by atoms with Crippen LogP contribution in [0.3, 0.4) is 0 Å². The van der Waals surface area contributed by atoms with Crippen molar-refractivity contribution in [2.75, 3.05) is 0 Å². The molecule has 3 nitrogen and oxygen atoms in total. The van der Waals surface area contributed by atoms with Crippen LogP contribution in [0.4, 0.5) is 0 Å². The summed E-state index contributed by atoms with van der Waals surface area (Å²) >= 11 is 11.4. The molecule has 5 heteroatoms. The summed E-state index contributed by atoms with van der Waals surface area (Å²) in [6, 6.07) is 3.76.